The normalized spacial score (nSPS) is 14.1. The first-order valence-electron chi connectivity index (χ1n) is 9.08. The van der Waals surface area contributed by atoms with Crippen molar-refractivity contribution in [3.8, 4) is 11.3 Å². The van der Waals surface area contributed by atoms with E-state index in [0.717, 1.165) is 18.9 Å². The Morgan fingerprint density at radius 1 is 1.11 bits per heavy atom. The van der Waals surface area contributed by atoms with E-state index in [9.17, 15) is 9.18 Å². The number of ether oxygens (including phenoxy) is 1. The van der Waals surface area contributed by atoms with Gasteiger partial charge in [-0.1, -0.05) is 12.1 Å². The van der Waals surface area contributed by atoms with E-state index in [1.54, 1.807) is 24.3 Å². The molecule has 1 aromatic carbocycles. The number of hydrogen-bond donors (Lipinski definition) is 1. The summed E-state index contributed by atoms with van der Waals surface area (Å²) in [4.78, 5) is 19.3. The smallest absolute Gasteiger partial charge is 0.291 e. The summed E-state index contributed by atoms with van der Waals surface area (Å²) in [5.74, 6) is 0.462. The second-order valence-corrected chi connectivity index (χ2v) is 6.50. The van der Waals surface area contributed by atoms with E-state index >= 15 is 0 Å². The lowest BCUT2D eigenvalue weighted by molar-refractivity contribution is 0.0997. The number of rotatable bonds is 4. The fourth-order valence-electron chi connectivity index (χ4n) is 3.10. The van der Waals surface area contributed by atoms with Crippen LogP contribution in [-0.2, 0) is 4.74 Å². The van der Waals surface area contributed by atoms with Gasteiger partial charge >= 0.3 is 0 Å². The van der Waals surface area contributed by atoms with E-state index in [4.69, 9.17) is 9.15 Å². The molecule has 3 aromatic rings. The zero-order valence-electron chi connectivity index (χ0n) is 15.4. The highest BCUT2D eigenvalue weighted by molar-refractivity contribution is 6.02. The molecule has 1 aliphatic heterocycles. The number of aryl methyl sites for hydroxylation is 1. The van der Waals surface area contributed by atoms with Gasteiger partial charge in [0.05, 0.1) is 30.2 Å². The quantitative estimate of drug-likeness (QED) is 0.743. The molecule has 2 aromatic heterocycles. The molecule has 1 amide bonds. The fraction of sp³-hybridized carbons (Fsp3) is 0.238. The van der Waals surface area contributed by atoms with E-state index in [-0.39, 0.29) is 5.76 Å². The molecule has 0 spiro atoms. The van der Waals surface area contributed by atoms with Crippen LogP contribution in [0.2, 0.25) is 0 Å². The lowest BCUT2D eigenvalue weighted by atomic mass is 10.1. The van der Waals surface area contributed by atoms with Crippen molar-refractivity contribution >= 4 is 17.4 Å². The number of aromatic nitrogens is 1. The molecule has 0 atom stereocenters. The zero-order valence-corrected chi connectivity index (χ0v) is 15.4. The van der Waals surface area contributed by atoms with Crippen molar-refractivity contribution in [1.82, 2.24) is 4.98 Å². The summed E-state index contributed by atoms with van der Waals surface area (Å²) in [6.45, 7) is 4.79. The molecule has 0 unspecified atom stereocenters. The van der Waals surface area contributed by atoms with Crippen LogP contribution in [0, 0.1) is 12.7 Å². The number of amides is 1. The highest BCUT2D eigenvalue weighted by Gasteiger charge is 2.17. The molecule has 28 heavy (non-hydrogen) atoms. The van der Waals surface area contributed by atoms with Gasteiger partial charge in [0.15, 0.2) is 5.76 Å². The molecule has 0 bridgehead atoms. The summed E-state index contributed by atoms with van der Waals surface area (Å²) < 4.78 is 24.8. The van der Waals surface area contributed by atoms with Gasteiger partial charge in [-0.05, 0) is 43.3 Å². The van der Waals surface area contributed by atoms with Gasteiger partial charge in [-0.3, -0.25) is 4.79 Å². The van der Waals surface area contributed by atoms with Crippen LogP contribution in [-0.4, -0.2) is 37.2 Å². The molecule has 144 valence electrons. The molecule has 0 saturated carbocycles. The molecule has 4 rings (SSSR count). The van der Waals surface area contributed by atoms with Gasteiger partial charge in [0.25, 0.3) is 5.91 Å². The highest BCUT2D eigenvalue weighted by atomic mass is 19.1. The minimum absolute atomic E-state index is 0.106. The Labute approximate surface area is 161 Å². The van der Waals surface area contributed by atoms with E-state index < -0.39 is 11.7 Å². The van der Waals surface area contributed by atoms with Gasteiger partial charge < -0.3 is 19.4 Å². The third-order valence-corrected chi connectivity index (χ3v) is 4.62. The monoisotopic (exact) mass is 381 g/mol. The number of hydrogen-bond acceptors (Lipinski definition) is 5. The summed E-state index contributed by atoms with van der Waals surface area (Å²) in [6, 6.07) is 13.1. The zero-order chi connectivity index (χ0) is 19.5. The largest absolute Gasteiger partial charge is 0.451 e. The van der Waals surface area contributed by atoms with Gasteiger partial charge in [-0.2, -0.15) is 0 Å². The number of nitrogens with zero attached hydrogens (tertiary/aromatic N) is 2. The van der Waals surface area contributed by atoms with Crippen LogP contribution in [0.1, 0.15) is 16.2 Å². The lowest BCUT2D eigenvalue weighted by Crippen LogP contribution is -2.36. The number of carbonyl (C=O) groups excluding carboxylic acids is 1. The maximum absolute atomic E-state index is 13.9. The van der Waals surface area contributed by atoms with E-state index in [1.807, 2.05) is 19.1 Å². The Morgan fingerprint density at radius 3 is 2.64 bits per heavy atom. The van der Waals surface area contributed by atoms with Gasteiger partial charge in [-0.15, -0.1) is 0 Å². The second-order valence-electron chi connectivity index (χ2n) is 6.50. The molecule has 0 aliphatic carbocycles. The first-order chi connectivity index (χ1) is 13.6. The van der Waals surface area contributed by atoms with Gasteiger partial charge in [0.2, 0.25) is 0 Å². The van der Waals surface area contributed by atoms with Crippen LogP contribution in [0.3, 0.4) is 0 Å². The second kappa shape index (κ2) is 7.82. The Bertz CT molecular complexity index is 996. The molecular formula is C21H20FN3O3. The predicted molar refractivity (Wildman–Crippen MR) is 104 cm³/mol. The molecule has 6 nitrogen and oxygen atoms in total. The summed E-state index contributed by atoms with van der Waals surface area (Å²) in [5, 5.41) is 2.80. The van der Waals surface area contributed by atoms with Crippen molar-refractivity contribution in [3.63, 3.8) is 0 Å². The van der Waals surface area contributed by atoms with Crippen LogP contribution in [0.5, 0.6) is 0 Å². The van der Waals surface area contributed by atoms with Crippen LogP contribution in [0.25, 0.3) is 11.3 Å². The van der Waals surface area contributed by atoms with Crippen molar-refractivity contribution in [2.75, 3.05) is 36.5 Å². The van der Waals surface area contributed by atoms with Crippen LogP contribution < -0.4 is 10.2 Å². The van der Waals surface area contributed by atoms with Crippen molar-refractivity contribution in [2.45, 2.75) is 6.92 Å². The van der Waals surface area contributed by atoms with Gasteiger partial charge in [0, 0.05) is 13.1 Å². The molecule has 1 N–H and O–H groups in total. The van der Waals surface area contributed by atoms with Crippen LogP contribution in [0.15, 0.2) is 52.9 Å². The first-order valence-corrected chi connectivity index (χ1v) is 9.08. The molecule has 1 aliphatic rings. The summed E-state index contributed by atoms with van der Waals surface area (Å²) in [6.07, 6.45) is 0. The van der Waals surface area contributed by atoms with Crippen molar-refractivity contribution in [2.24, 2.45) is 0 Å². The number of benzene rings is 1. The number of morpholine rings is 1. The average Bonchev–Trinajstić information content (AvgIpc) is 3.20. The predicted octanol–water partition coefficient (Wildman–Crippen LogP) is 3.88. The number of carbonyl (C=O) groups is 1. The van der Waals surface area contributed by atoms with Crippen LogP contribution in [0.4, 0.5) is 15.9 Å². The first kappa shape index (κ1) is 18.2. The number of halogens is 1. The summed E-state index contributed by atoms with van der Waals surface area (Å²) in [7, 11) is 0. The summed E-state index contributed by atoms with van der Waals surface area (Å²) in [5.41, 5.74) is 1.62. The highest BCUT2D eigenvalue weighted by Crippen LogP contribution is 2.26. The fourth-order valence-corrected chi connectivity index (χ4v) is 3.10. The lowest BCUT2D eigenvalue weighted by Gasteiger charge is -2.28. The Kier molecular flexibility index (Phi) is 5.08. The molecule has 1 saturated heterocycles. The van der Waals surface area contributed by atoms with E-state index in [2.05, 4.69) is 15.2 Å². The SMILES string of the molecule is Cc1nc(N2CCOCC2)ccc1NC(=O)c1ccc(-c2ccccc2F)o1. The van der Waals surface area contributed by atoms with Crippen molar-refractivity contribution < 1.29 is 18.3 Å². The molecule has 3 heterocycles. The van der Waals surface area contributed by atoms with Crippen LogP contribution >= 0.6 is 0 Å². The topological polar surface area (TPSA) is 67.6 Å². The third kappa shape index (κ3) is 3.75. The standard InChI is InChI=1S/C21H20FN3O3/c1-14-17(6-9-20(23-14)25-10-12-27-13-11-25)24-21(26)19-8-7-18(28-19)15-4-2-3-5-16(15)22/h2-9H,10-13H2,1H3,(H,24,26). The Balaban J connectivity index is 1.49. The number of anilines is 2. The number of nitrogens with one attached hydrogen (secondary N) is 1. The maximum Gasteiger partial charge on any atom is 0.291 e. The molecule has 0 radical (unpaired) electrons. The molecular weight excluding hydrogens is 361 g/mol. The van der Waals surface area contributed by atoms with Crippen molar-refractivity contribution in [3.05, 3.63) is 65.8 Å². The maximum atomic E-state index is 13.9. The Hall–Kier alpha value is -3.19. The molecule has 1 fully saturated rings. The Morgan fingerprint density at radius 2 is 1.89 bits per heavy atom. The van der Waals surface area contributed by atoms with Crippen molar-refractivity contribution in [1.29, 1.82) is 0 Å². The van der Waals surface area contributed by atoms with Gasteiger partial charge in [-0.25, -0.2) is 9.37 Å². The summed E-state index contributed by atoms with van der Waals surface area (Å²) >= 11 is 0. The average molecular weight is 381 g/mol. The number of pyridine rings is 1. The van der Waals surface area contributed by atoms with Gasteiger partial charge in [0.1, 0.15) is 17.4 Å². The minimum atomic E-state index is -0.411. The molecule has 7 heteroatoms. The van der Waals surface area contributed by atoms with E-state index in [0.29, 0.717) is 35.9 Å². The minimum Gasteiger partial charge on any atom is -0.451 e. The van der Waals surface area contributed by atoms with E-state index in [1.165, 1.54) is 12.1 Å². The third-order valence-electron chi connectivity index (χ3n) is 4.62. The number of furan rings is 1.